The number of hydrazine groups is 1. The number of aliphatic imine (C=N–C) groups is 1. The number of nitrogens with two attached hydrogens (primary N) is 1. The lowest BCUT2D eigenvalue weighted by Crippen LogP contribution is -2.34. The summed E-state index contributed by atoms with van der Waals surface area (Å²) >= 11 is 0. The van der Waals surface area contributed by atoms with Crippen LogP contribution in [0.1, 0.15) is 39.2 Å². The van der Waals surface area contributed by atoms with Crippen molar-refractivity contribution in [2.45, 2.75) is 45.2 Å². The van der Waals surface area contributed by atoms with Crippen molar-refractivity contribution in [1.82, 2.24) is 20.7 Å². The van der Waals surface area contributed by atoms with Crippen molar-refractivity contribution in [3.05, 3.63) is 42.5 Å². The van der Waals surface area contributed by atoms with Crippen molar-refractivity contribution in [2.75, 3.05) is 24.3 Å². The number of rotatable bonds is 7. The van der Waals surface area contributed by atoms with E-state index in [1.54, 1.807) is 0 Å². The van der Waals surface area contributed by atoms with Gasteiger partial charge in [0.1, 0.15) is 19.0 Å². The number of benzene rings is 2. The molecule has 0 unspecified atom stereocenters. The fourth-order valence-corrected chi connectivity index (χ4v) is 4.42. The summed E-state index contributed by atoms with van der Waals surface area (Å²) in [7, 11) is 0. The molecule has 0 bridgehead atoms. The van der Waals surface area contributed by atoms with E-state index in [-0.39, 0.29) is 12.1 Å². The molecule has 1 aromatic heterocycles. The molecule has 9 heteroatoms. The second-order valence-electron chi connectivity index (χ2n) is 9.08. The van der Waals surface area contributed by atoms with Crippen LogP contribution in [0.3, 0.4) is 0 Å². The van der Waals surface area contributed by atoms with Crippen LogP contribution in [0.15, 0.2) is 47.5 Å². The number of nitrogen functional groups attached to an aromatic ring is 1. The van der Waals surface area contributed by atoms with E-state index in [1.165, 1.54) is 6.42 Å². The van der Waals surface area contributed by atoms with E-state index in [1.807, 2.05) is 50.2 Å². The van der Waals surface area contributed by atoms with Gasteiger partial charge < -0.3 is 31.1 Å². The number of anilines is 2. The number of fused-ring (bicyclic) bond motifs is 1. The zero-order valence-corrected chi connectivity index (χ0v) is 19.5. The molecule has 34 heavy (non-hydrogen) atoms. The summed E-state index contributed by atoms with van der Waals surface area (Å²) in [5.41, 5.74) is 17.3. The average Bonchev–Trinajstić information content (AvgIpc) is 3.38. The number of carbonyl (C=O) groups excluding carboxylic acids is 1. The van der Waals surface area contributed by atoms with Crippen LogP contribution in [0, 0.1) is 0 Å². The van der Waals surface area contributed by atoms with Crippen molar-refractivity contribution >= 4 is 34.1 Å². The van der Waals surface area contributed by atoms with E-state index in [2.05, 4.69) is 37.1 Å². The van der Waals surface area contributed by atoms with Gasteiger partial charge in [0, 0.05) is 34.8 Å². The molecule has 6 N–H and O–H groups in total. The van der Waals surface area contributed by atoms with Gasteiger partial charge in [-0.25, -0.2) is 10.2 Å². The summed E-state index contributed by atoms with van der Waals surface area (Å²) in [6, 6.07) is 14.2. The molecular formula is C25H31N7O2. The third kappa shape index (κ3) is 4.38. The second kappa shape index (κ2) is 9.26. The topological polar surface area (TPSA) is 118 Å². The largest absolute Gasteiger partial charge is 0.486 e. The predicted molar refractivity (Wildman–Crippen MR) is 136 cm³/mol. The highest BCUT2D eigenvalue weighted by molar-refractivity contribution is 6.02. The summed E-state index contributed by atoms with van der Waals surface area (Å²) < 4.78 is 8.35. The van der Waals surface area contributed by atoms with Gasteiger partial charge in [0.15, 0.2) is 5.84 Å². The molecule has 178 valence electrons. The van der Waals surface area contributed by atoms with Crippen LogP contribution in [0.4, 0.5) is 16.2 Å². The smallest absolute Gasteiger partial charge is 0.319 e. The molecule has 1 aliphatic heterocycles. The molecule has 0 saturated heterocycles. The summed E-state index contributed by atoms with van der Waals surface area (Å²) in [5.74, 6) is 1.56. The normalized spacial score (nSPS) is 15.7. The highest BCUT2D eigenvalue weighted by Gasteiger charge is 2.27. The predicted octanol–water partition coefficient (Wildman–Crippen LogP) is 3.99. The molecule has 0 spiro atoms. The zero-order valence-electron chi connectivity index (χ0n) is 19.5. The first-order valence-electron chi connectivity index (χ1n) is 11.8. The highest BCUT2D eigenvalue weighted by atomic mass is 16.5. The maximum absolute atomic E-state index is 12.0. The van der Waals surface area contributed by atoms with Crippen LogP contribution < -0.4 is 32.0 Å². The monoisotopic (exact) mass is 461 g/mol. The second-order valence-corrected chi connectivity index (χ2v) is 9.08. The number of nitrogens with zero attached hydrogens (tertiary/aromatic N) is 2. The molecule has 1 saturated carbocycles. The van der Waals surface area contributed by atoms with Gasteiger partial charge in [-0.1, -0.05) is 12.1 Å². The lowest BCUT2D eigenvalue weighted by Gasteiger charge is -2.30. The van der Waals surface area contributed by atoms with Crippen molar-refractivity contribution < 1.29 is 9.53 Å². The highest BCUT2D eigenvalue weighted by Crippen LogP contribution is 2.44. The molecule has 2 amide bonds. The number of aromatic nitrogens is 1. The van der Waals surface area contributed by atoms with Gasteiger partial charge in [-0.3, -0.25) is 4.99 Å². The van der Waals surface area contributed by atoms with Crippen LogP contribution in [-0.4, -0.2) is 35.8 Å². The van der Waals surface area contributed by atoms with Crippen molar-refractivity contribution in [3.8, 4) is 17.0 Å². The molecule has 2 aliphatic rings. The standard InChI is InChI=1S/C25H31N7O2/c1-15(2)29-25(33)30-17-8-6-16(7-9-17)24-23(26)20-11-10-19(34-13-22-27-14-28-31-22)12-21(20)32(24)18-4-3-5-18/h6-12,15,18,28H,3-5,13-14,26H2,1-2H3,(H,27,31)(H2,29,30,33). The van der Waals surface area contributed by atoms with Gasteiger partial charge in [0.2, 0.25) is 0 Å². The third-order valence-corrected chi connectivity index (χ3v) is 6.25. The van der Waals surface area contributed by atoms with Crippen LogP contribution in [0.25, 0.3) is 22.2 Å². The number of ether oxygens (including phenoxy) is 1. The number of hydrogen-bond acceptors (Lipinski definition) is 6. The molecule has 1 fully saturated rings. The molecule has 3 aromatic rings. The summed E-state index contributed by atoms with van der Waals surface area (Å²) in [6.45, 7) is 4.79. The summed E-state index contributed by atoms with van der Waals surface area (Å²) in [6.07, 6.45) is 3.47. The van der Waals surface area contributed by atoms with Crippen molar-refractivity contribution in [3.63, 3.8) is 0 Å². The number of nitrogens with one attached hydrogen (secondary N) is 4. The van der Waals surface area contributed by atoms with E-state index >= 15 is 0 Å². The molecule has 2 heterocycles. The van der Waals surface area contributed by atoms with E-state index in [0.29, 0.717) is 19.3 Å². The van der Waals surface area contributed by atoms with E-state index in [4.69, 9.17) is 10.5 Å². The van der Waals surface area contributed by atoms with E-state index in [9.17, 15) is 4.79 Å². The molecular weight excluding hydrogens is 430 g/mol. The Morgan fingerprint density at radius 1 is 1.24 bits per heavy atom. The Labute approximate surface area is 198 Å². The minimum absolute atomic E-state index is 0.0743. The van der Waals surface area contributed by atoms with Crippen LogP contribution in [-0.2, 0) is 0 Å². The SMILES string of the molecule is CC(C)NC(=O)Nc1ccc(-c2c(N)c3ccc(OCC4=NCNN4)cc3n2C2CCC2)cc1. The average molecular weight is 462 g/mol. The van der Waals surface area contributed by atoms with Crippen LogP contribution >= 0.6 is 0 Å². The first-order valence-corrected chi connectivity index (χ1v) is 11.8. The maximum atomic E-state index is 12.0. The molecule has 0 radical (unpaired) electrons. The summed E-state index contributed by atoms with van der Waals surface area (Å²) in [5, 5.41) is 6.73. The third-order valence-electron chi connectivity index (χ3n) is 6.25. The quantitative estimate of drug-likeness (QED) is 0.365. The number of urea groups is 1. The Hall–Kier alpha value is -3.72. The Bertz CT molecular complexity index is 1230. The first kappa shape index (κ1) is 22.1. The minimum Gasteiger partial charge on any atom is -0.486 e. The number of hydrogen-bond donors (Lipinski definition) is 5. The lowest BCUT2D eigenvalue weighted by molar-refractivity contribution is 0.250. The maximum Gasteiger partial charge on any atom is 0.319 e. The number of carbonyl (C=O) groups is 1. The molecule has 9 nitrogen and oxygen atoms in total. The fourth-order valence-electron chi connectivity index (χ4n) is 4.42. The lowest BCUT2D eigenvalue weighted by atomic mass is 9.92. The Balaban J connectivity index is 1.46. The van der Waals surface area contributed by atoms with Crippen LogP contribution in [0.2, 0.25) is 0 Å². The Kier molecular flexibility index (Phi) is 6.02. The van der Waals surface area contributed by atoms with Crippen molar-refractivity contribution in [1.29, 1.82) is 0 Å². The minimum atomic E-state index is -0.215. The number of amidine groups is 1. The fraction of sp³-hybridized carbons (Fsp3) is 0.360. The first-order chi connectivity index (χ1) is 16.5. The van der Waals surface area contributed by atoms with Gasteiger partial charge >= 0.3 is 6.03 Å². The molecule has 1 aliphatic carbocycles. The van der Waals surface area contributed by atoms with Gasteiger partial charge in [-0.05, 0) is 57.4 Å². The molecule has 2 aromatic carbocycles. The van der Waals surface area contributed by atoms with Crippen molar-refractivity contribution in [2.24, 2.45) is 4.99 Å². The van der Waals surface area contributed by atoms with Gasteiger partial charge in [-0.2, -0.15) is 0 Å². The van der Waals surface area contributed by atoms with Gasteiger partial charge in [0.05, 0.1) is 16.9 Å². The number of amides is 2. The van der Waals surface area contributed by atoms with Crippen LogP contribution in [0.5, 0.6) is 5.75 Å². The van der Waals surface area contributed by atoms with E-state index in [0.717, 1.165) is 58.0 Å². The van der Waals surface area contributed by atoms with E-state index < -0.39 is 0 Å². The zero-order chi connectivity index (χ0) is 23.7. The molecule has 0 atom stereocenters. The molecule has 5 rings (SSSR count). The van der Waals surface area contributed by atoms with Gasteiger partial charge in [-0.15, -0.1) is 0 Å². The Morgan fingerprint density at radius 2 is 2.03 bits per heavy atom. The Morgan fingerprint density at radius 3 is 2.68 bits per heavy atom. The summed E-state index contributed by atoms with van der Waals surface area (Å²) in [4.78, 5) is 16.3. The van der Waals surface area contributed by atoms with Gasteiger partial charge in [0.25, 0.3) is 0 Å².